The summed E-state index contributed by atoms with van der Waals surface area (Å²) >= 11 is 0. The van der Waals surface area contributed by atoms with Gasteiger partial charge in [-0.3, -0.25) is 0 Å². The van der Waals surface area contributed by atoms with Gasteiger partial charge in [-0.25, -0.2) is 0 Å². The normalized spacial score (nSPS) is 10.3. The van der Waals surface area contributed by atoms with Crippen molar-refractivity contribution in [3.63, 3.8) is 0 Å². The van der Waals surface area contributed by atoms with E-state index in [1.165, 1.54) is 138 Å². The molecule has 0 fully saturated rings. The molecule has 7 aromatic carbocycles. The van der Waals surface area contributed by atoms with Crippen LogP contribution >= 0.6 is 0 Å². The predicted octanol–water partition coefficient (Wildman–Crippen LogP) is 20.1. The molecule has 0 heterocycles. The van der Waals surface area contributed by atoms with Crippen LogP contribution in [0.2, 0.25) is 0 Å². The summed E-state index contributed by atoms with van der Waals surface area (Å²) in [4.78, 5) is 0. The fraction of sp³-hybridized carbons (Fsp3) is 0.341. The molecule has 7 rings (SSSR count). The third-order valence-corrected chi connectivity index (χ3v) is 15.1. The second kappa shape index (κ2) is 36.3. The number of benzene rings is 7. The smallest absolute Gasteiger partial charge is 0.0284 e. The van der Waals surface area contributed by atoms with Crippen LogP contribution in [0.1, 0.15) is 245 Å². The molecule has 0 aliphatic carbocycles. The first kappa shape index (κ1) is 61.5. The first-order valence-electron chi connectivity index (χ1n) is 31.3. The standard InChI is InChI=1S/C82H86/c1-5-9-13-17-19-21-25-67-29-33-69(34-30-67)37-39-71-41-45-73(46-42-71)49-51-75-53-57-77(58-54-75)61-63-81-65-80(28-24-16-12-8-4)82(66-79(81)27-23-15-11-7-3)64-62-78-59-55-76(56-60-78)52-50-74-47-43-72(44-48-74)40-38-70-35-31-68(32-36-70)26-22-20-18-14-10-6-2/h29-36,41-48,53-60,65-66H,5-28H2,1-4H3. The van der Waals surface area contributed by atoms with Gasteiger partial charge in [-0.2, -0.15) is 0 Å². The Balaban J connectivity index is 0.971. The molecule has 0 saturated carbocycles. The summed E-state index contributed by atoms with van der Waals surface area (Å²) in [7, 11) is 0. The molecule has 0 atom stereocenters. The van der Waals surface area contributed by atoms with Crippen LogP contribution in [0.3, 0.4) is 0 Å². The number of aryl methyl sites for hydroxylation is 4. The molecule has 0 aliphatic rings. The Morgan fingerprint density at radius 1 is 0.195 bits per heavy atom. The molecule has 0 bridgehead atoms. The van der Waals surface area contributed by atoms with Gasteiger partial charge in [-0.15, -0.1) is 0 Å². The van der Waals surface area contributed by atoms with E-state index in [1.807, 2.05) is 0 Å². The highest BCUT2D eigenvalue weighted by atomic mass is 14.1. The SMILES string of the molecule is CCCCCCCCc1ccc(C#Cc2ccc(C#Cc3ccc(C#Cc4cc(CCCCCC)c(C#Cc5ccc(C#Cc6ccc(C#Cc7ccc(CCCCCCCC)cc7)cc6)cc5)cc4CCCCCC)cc3)cc2)cc1. The molecular weight excluding hydrogens is 985 g/mol. The van der Waals surface area contributed by atoms with Crippen LogP contribution in [0.5, 0.6) is 0 Å². The van der Waals surface area contributed by atoms with E-state index in [9.17, 15) is 0 Å². The van der Waals surface area contributed by atoms with Gasteiger partial charge in [0, 0.05) is 66.8 Å². The van der Waals surface area contributed by atoms with Gasteiger partial charge >= 0.3 is 0 Å². The fourth-order valence-corrected chi connectivity index (χ4v) is 9.95. The van der Waals surface area contributed by atoms with Gasteiger partial charge in [0.05, 0.1) is 0 Å². The van der Waals surface area contributed by atoms with Crippen LogP contribution in [-0.2, 0) is 25.7 Å². The van der Waals surface area contributed by atoms with Gasteiger partial charge in [-0.05, 0) is 207 Å². The van der Waals surface area contributed by atoms with Crippen LogP contribution in [0.15, 0.2) is 158 Å². The lowest BCUT2D eigenvalue weighted by Crippen LogP contribution is -1.99. The quantitative estimate of drug-likeness (QED) is 0.0418. The maximum absolute atomic E-state index is 3.62. The number of unbranched alkanes of at least 4 members (excludes halogenated alkanes) is 16. The zero-order chi connectivity index (χ0) is 57.1. The molecule has 82 heavy (non-hydrogen) atoms. The lowest BCUT2D eigenvalue weighted by atomic mass is 9.92. The molecule has 414 valence electrons. The van der Waals surface area contributed by atoms with Gasteiger partial charge < -0.3 is 0 Å². The van der Waals surface area contributed by atoms with Crippen molar-refractivity contribution in [1.82, 2.24) is 0 Å². The molecular formula is C82H86. The maximum atomic E-state index is 3.62. The predicted molar refractivity (Wildman–Crippen MR) is 351 cm³/mol. The van der Waals surface area contributed by atoms with Crippen molar-refractivity contribution >= 4 is 0 Å². The first-order valence-corrected chi connectivity index (χ1v) is 31.3. The molecule has 0 spiro atoms. The van der Waals surface area contributed by atoms with E-state index >= 15 is 0 Å². The topological polar surface area (TPSA) is 0 Å². The average molecular weight is 1070 g/mol. The molecule has 0 saturated heterocycles. The minimum absolute atomic E-state index is 0.962. The molecule has 0 radical (unpaired) electrons. The Morgan fingerprint density at radius 3 is 0.622 bits per heavy atom. The summed E-state index contributed by atoms with van der Waals surface area (Å²) in [5.41, 5.74) is 17.5. The van der Waals surface area contributed by atoms with Crippen LogP contribution in [0.4, 0.5) is 0 Å². The first-order chi connectivity index (χ1) is 40.5. The van der Waals surface area contributed by atoms with E-state index in [1.54, 1.807) is 0 Å². The minimum Gasteiger partial charge on any atom is -0.0654 e. The largest absolute Gasteiger partial charge is 0.0654 e. The van der Waals surface area contributed by atoms with Crippen molar-refractivity contribution in [3.05, 3.63) is 247 Å². The van der Waals surface area contributed by atoms with E-state index < -0.39 is 0 Å². The van der Waals surface area contributed by atoms with Crippen LogP contribution < -0.4 is 0 Å². The van der Waals surface area contributed by atoms with Gasteiger partial charge in [0.1, 0.15) is 0 Å². The van der Waals surface area contributed by atoms with Crippen molar-refractivity contribution in [3.8, 4) is 71.0 Å². The van der Waals surface area contributed by atoms with Crippen molar-refractivity contribution in [1.29, 1.82) is 0 Å². The fourth-order valence-electron chi connectivity index (χ4n) is 9.95. The molecule has 0 aliphatic heterocycles. The summed E-state index contributed by atoms with van der Waals surface area (Å²) in [5.74, 6) is 41.0. The van der Waals surface area contributed by atoms with Crippen molar-refractivity contribution in [2.45, 2.75) is 182 Å². The van der Waals surface area contributed by atoms with Crippen LogP contribution in [-0.4, -0.2) is 0 Å². The van der Waals surface area contributed by atoms with Crippen molar-refractivity contribution in [2.75, 3.05) is 0 Å². The van der Waals surface area contributed by atoms with Gasteiger partial charge in [-0.1, -0.05) is 226 Å². The Labute approximate surface area is 496 Å². The highest BCUT2D eigenvalue weighted by molar-refractivity contribution is 5.57. The van der Waals surface area contributed by atoms with Gasteiger partial charge in [0.15, 0.2) is 0 Å². The van der Waals surface area contributed by atoms with E-state index in [2.05, 4.69) is 256 Å². The minimum atomic E-state index is 0.962. The Morgan fingerprint density at radius 2 is 0.378 bits per heavy atom. The second-order valence-electron chi connectivity index (χ2n) is 22.0. The number of hydrogen-bond acceptors (Lipinski definition) is 0. The van der Waals surface area contributed by atoms with Crippen molar-refractivity contribution < 1.29 is 0 Å². The van der Waals surface area contributed by atoms with Gasteiger partial charge in [0.2, 0.25) is 0 Å². The zero-order valence-electron chi connectivity index (χ0n) is 50.0. The molecule has 0 aromatic heterocycles. The molecule has 0 amide bonds. The molecule has 0 N–H and O–H groups in total. The third kappa shape index (κ3) is 22.8. The average Bonchev–Trinajstić information content (AvgIpc) is 3.52. The number of hydrogen-bond donors (Lipinski definition) is 0. The lowest BCUT2D eigenvalue weighted by Gasteiger charge is -2.12. The Bertz CT molecular complexity index is 3180. The van der Waals surface area contributed by atoms with E-state index in [4.69, 9.17) is 0 Å². The summed E-state index contributed by atoms with van der Waals surface area (Å²) in [6, 6.07) is 55.3. The summed E-state index contributed by atoms with van der Waals surface area (Å²) in [6.45, 7) is 9.08. The van der Waals surface area contributed by atoms with E-state index in [0.29, 0.717) is 0 Å². The maximum Gasteiger partial charge on any atom is 0.0284 e. The van der Waals surface area contributed by atoms with Crippen LogP contribution in [0.25, 0.3) is 0 Å². The highest BCUT2D eigenvalue weighted by Crippen LogP contribution is 2.23. The van der Waals surface area contributed by atoms with E-state index in [-0.39, 0.29) is 0 Å². The van der Waals surface area contributed by atoms with Crippen molar-refractivity contribution in [2.24, 2.45) is 0 Å². The monoisotopic (exact) mass is 1070 g/mol. The molecule has 7 aromatic rings. The molecule has 0 nitrogen and oxygen atoms in total. The van der Waals surface area contributed by atoms with E-state index in [0.717, 1.165) is 105 Å². The zero-order valence-corrected chi connectivity index (χ0v) is 50.0. The van der Waals surface area contributed by atoms with Crippen LogP contribution in [0, 0.1) is 71.0 Å². The Hall–Kier alpha value is -8.10. The second-order valence-corrected chi connectivity index (χ2v) is 22.0. The summed E-state index contributed by atoms with van der Waals surface area (Å²) in [5, 5.41) is 0. The lowest BCUT2D eigenvalue weighted by molar-refractivity contribution is 0.607. The van der Waals surface area contributed by atoms with Gasteiger partial charge in [0.25, 0.3) is 0 Å². The Kier molecular flexibility index (Phi) is 27.2. The third-order valence-electron chi connectivity index (χ3n) is 15.1. The number of rotatable bonds is 24. The summed E-state index contributed by atoms with van der Waals surface area (Å²) < 4.78 is 0. The highest BCUT2D eigenvalue weighted by Gasteiger charge is 2.10. The summed E-state index contributed by atoms with van der Waals surface area (Å²) in [6.07, 6.45) is 29.8. The molecule has 0 heteroatoms. The molecule has 0 unspecified atom stereocenters.